The van der Waals surface area contributed by atoms with Gasteiger partial charge in [-0.3, -0.25) is 9.78 Å². The van der Waals surface area contributed by atoms with E-state index in [1.165, 1.54) is 6.08 Å². The van der Waals surface area contributed by atoms with Gasteiger partial charge in [-0.2, -0.15) is 4.98 Å². The minimum Gasteiger partial charge on any atom is -0.347 e. The predicted molar refractivity (Wildman–Crippen MR) is 140 cm³/mol. The maximum absolute atomic E-state index is 13.7. The summed E-state index contributed by atoms with van der Waals surface area (Å²) in [7, 11) is 0. The molecule has 0 bridgehead atoms. The van der Waals surface area contributed by atoms with Crippen LogP contribution in [0.15, 0.2) is 35.8 Å². The number of amides is 1. The van der Waals surface area contributed by atoms with Crippen molar-refractivity contribution in [2.24, 2.45) is 0 Å². The van der Waals surface area contributed by atoms with Crippen molar-refractivity contribution in [3.63, 3.8) is 0 Å². The van der Waals surface area contributed by atoms with Gasteiger partial charge >= 0.3 is 5.69 Å². The van der Waals surface area contributed by atoms with E-state index in [9.17, 15) is 9.59 Å². The van der Waals surface area contributed by atoms with E-state index in [0.29, 0.717) is 46.3 Å². The first-order valence-corrected chi connectivity index (χ1v) is 12.2. The van der Waals surface area contributed by atoms with Crippen molar-refractivity contribution in [1.29, 1.82) is 0 Å². The van der Waals surface area contributed by atoms with E-state index < -0.39 is 5.69 Å². The first kappa shape index (κ1) is 24.9. The lowest BCUT2D eigenvalue weighted by molar-refractivity contribution is -0.127. The number of nitrogens with zero attached hydrogens (tertiary/aromatic N) is 6. The summed E-state index contributed by atoms with van der Waals surface area (Å²) in [4.78, 5) is 43.8. The number of anilines is 1. The molecular weight excluding hydrogens is 464 g/mol. The Bertz CT molecular complexity index is 1370. The molecule has 184 valence electrons. The summed E-state index contributed by atoms with van der Waals surface area (Å²) < 4.78 is 1.56. The third kappa shape index (κ3) is 4.31. The van der Waals surface area contributed by atoms with Gasteiger partial charge < -0.3 is 9.80 Å². The quantitative estimate of drug-likeness (QED) is 0.506. The molecule has 0 saturated carbocycles. The van der Waals surface area contributed by atoms with Gasteiger partial charge in [0.15, 0.2) is 5.65 Å². The van der Waals surface area contributed by atoms with E-state index in [1.54, 1.807) is 15.7 Å². The third-order valence-electron chi connectivity index (χ3n) is 6.55. The second-order valence-electron chi connectivity index (χ2n) is 9.55. The molecule has 3 aromatic rings. The Balaban J connectivity index is 2.00. The molecule has 4 rings (SSSR count). The number of aromatic nitrogens is 4. The summed E-state index contributed by atoms with van der Waals surface area (Å²) in [5.74, 6) is 0.509. The third-order valence-corrected chi connectivity index (χ3v) is 6.93. The highest BCUT2D eigenvalue weighted by Gasteiger charge is 2.34. The monoisotopic (exact) mass is 494 g/mol. The molecule has 3 aromatic heterocycles. The largest absolute Gasteiger partial charge is 0.355 e. The van der Waals surface area contributed by atoms with E-state index in [0.717, 1.165) is 11.3 Å². The van der Waals surface area contributed by atoms with Crippen molar-refractivity contribution >= 4 is 34.4 Å². The maximum atomic E-state index is 13.7. The fraction of sp³-hybridized carbons (Fsp3) is 0.423. The molecule has 0 unspecified atom stereocenters. The number of carbonyl (C=O) groups is 1. The van der Waals surface area contributed by atoms with E-state index in [-0.39, 0.29) is 23.9 Å². The van der Waals surface area contributed by atoms with Gasteiger partial charge in [-0.05, 0) is 57.4 Å². The van der Waals surface area contributed by atoms with Crippen molar-refractivity contribution in [3.05, 3.63) is 63.4 Å². The second-order valence-corrected chi connectivity index (χ2v) is 9.96. The summed E-state index contributed by atoms with van der Waals surface area (Å²) in [5, 5.41) is 1.18. The Kier molecular flexibility index (Phi) is 6.68. The summed E-state index contributed by atoms with van der Waals surface area (Å²) in [6, 6.07) is 3.55. The highest BCUT2D eigenvalue weighted by Crippen LogP contribution is 2.33. The Labute approximate surface area is 210 Å². The van der Waals surface area contributed by atoms with Crippen LogP contribution < -0.4 is 10.6 Å². The van der Waals surface area contributed by atoms with Gasteiger partial charge in [0.25, 0.3) is 0 Å². The maximum Gasteiger partial charge on any atom is 0.355 e. The van der Waals surface area contributed by atoms with Crippen molar-refractivity contribution in [2.45, 2.75) is 59.5 Å². The molecule has 1 saturated heterocycles. The van der Waals surface area contributed by atoms with E-state index >= 15 is 0 Å². The van der Waals surface area contributed by atoms with E-state index in [1.807, 2.05) is 53.7 Å². The highest BCUT2D eigenvalue weighted by molar-refractivity contribution is 6.32. The number of pyridine rings is 2. The number of piperazine rings is 1. The van der Waals surface area contributed by atoms with Crippen molar-refractivity contribution in [3.8, 4) is 5.69 Å². The zero-order valence-corrected chi connectivity index (χ0v) is 21.8. The van der Waals surface area contributed by atoms with Crippen LogP contribution in [-0.4, -0.2) is 55.5 Å². The topological polar surface area (TPSA) is 84.2 Å². The summed E-state index contributed by atoms with van der Waals surface area (Å²) >= 11 is 6.53. The molecule has 9 heteroatoms. The number of aryl methyl sites for hydroxylation is 2. The van der Waals surface area contributed by atoms with Crippen LogP contribution in [0.4, 0.5) is 5.82 Å². The van der Waals surface area contributed by atoms with Crippen LogP contribution in [0.1, 0.15) is 50.6 Å². The molecule has 0 radical (unpaired) electrons. The molecule has 0 aromatic carbocycles. The molecule has 0 N–H and O–H groups in total. The fourth-order valence-corrected chi connectivity index (χ4v) is 5.08. The molecule has 0 aliphatic carbocycles. The number of hydrogen-bond donors (Lipinski definition) is 0. The van der Waals surface area contributed by atoms with Crippen molar-refractivity contribution in [1.82, 2.24) is 24.4 Å². The molecule has 0 spiro atoms. The minimum absolute atomic E-state index is 0.0833. The standard InChI is InChI=1S/C26H31ClN6O2/c1-8-21(34)31-12-16(5)32(17(6)13-31)25-19-11-20(27)18(7)29-24(19)33(26(35)30-25)23-15(4)9-10-28-22(23)14(2)3/h8-11,14,16-17H,1,12-13H2,2-7H3/t16-,17-/m1/s1. The van der Waals surface area contributed by atoms with Gasteiger partial charge in [-0.25, -0.2) is 14.3 Å². The van der Waals surface area contributed by atoms with Gasteiger partial charge in [-0.15, -0.1) is 0 Å². The van der Waals surface area contributed by atoms with Gasteiger partial charge in [0.2, 0.25) is 5.91 Å². The van der Waals surface area contributed by atoms with Crippen molar-refractivity contribution in [2.75, 3.05) is 18.0 Å². The minimum atomic E-state index is -0.427. The van der Waals surface area contributed by atoms with Gasteiger partial charge in [0, 0.05) is 31.4 Å². The van der Waals surface area contributed by atoms with Crippen LogP contribution in [0.2, 0.25) is 5.02 Å². The molecule has 1 aliphatic heterocycles. The van der Waals surface area contributed by atoms with Crippen LogP contribution in [0.3, 0.4) is 0 Å². The zero-order valence-electron chi connectivity index (χ0n) is 21.0. The van der Waals surface area contributed by atoms with Crippen molar-refractivity contribution < 1.29 is 4.79 Å². The normalized spacial score (nSPS) is 18.4. The Morgan fingerprint density at radius 1 is 1.20 bits per heavy atom. The lowest BCUT2D eigenvalue weighted by atomic mass is 10.0. The molecule has 1 aliphatic rings. The Morgan fingerprint density at radius 2 is 1.86 bits per heavy atom. The average molecular weight is 495 g/mol. The van der Waals surface area contributed by atoms with E-state index in [4.69, 9.17) is 16.6 Å². The molecule has 8 nitrogen and oxygen atoms in total. The SMILES string of the molecule is C=CC(=O)N1C[C@@H](C)N(c2nc(=O)n(-c3c(C)ccnc3C(C)C)c3nc(C)c(Cl)cc23)[C@H](C)C1. The Morgan fingerprint density at radius 3 is 2.46 bits per heavy atom. The lowest BCUT2D eigenvalue weighted by Gasteiger charge is -2.45. The highest BCUT2D eigenvalue weighted by atomic mass is 35.5. The number of carbonyl (C=O) groups excluding carboxylic acids is 1. The molecule has 2 atom stereocenters. The lowest BCUT2D eigenvalue weighted by Crippen LogP contribution is -2.58. The van der Waals surface area contributed by atoms with Gasteiger partial charge in [-0.1, -0.05) is 32.0 Å². The summed E-state index contributed by atoms with van der Waals surface area (Å²) in [6.45, 7) is 16.5. The van der Waals surface area contributed by atoms with Crippen LogP contribution in [0.5, 0.6) is 0 Å². The molecule has 35 heavy (non-hydrogen) atoms. The molecule has 1 amide bonds. The second kappa shape index (κ2) is 9.41. The number of halogens is 1. The predicted octanol–water partition coefficient (Wildman–Crippen LogP) is 4.18. The molecule has 1 fully saturated rings. The Hall–Kier alpha value is -3.26. The van der Waals surface area contributed by atoms with Crippen LogP contribution in [0, 0.1) is 13.8 Å². The summed E-state index contributed by atoms with van der Waals surface area (Å²) in [6.07, 6.45) is 3.09. The first-order chi connectivity index (χ1) is 16.5. The van der Waals surface area contributed by atoms with Crippen LogP contribution >= 0.6 is 11.6 Å². The fourth-order valence-electron chi connectivity index (χ4n) is 4.93. The first-order valence-electron chi connectivity index (χ1n) is 11.8. The van der Waals surface area contributed by atoms with Gasteiger partial charge in [0.1, 0.15) is 5.82 Å². The van der Waals surface area contributed by atoms with E-state index in [2.05, 4.69) is 21.4 Å². The average Bonchev–Trinajstić information content (AvgIpc) is 2.79. The summed E-state index contributed by atoms with van der Waals surface area (Å²) in [5.41, 5.74) is 3.10. The molecule has 4 heterocycles. The number of hydrogen-bond acceptors (Lipinski definition) is 6. The smallest absolute Gasteiger partial charge is 0.347 e. The van der Waals surface area contributed by atoms with Crippen LogP contribution in [-0.2, 0) is 4.79 Å². The van der Waals surface area contributed by atoms with Gasteiger partial charge in [0.05, 0.1) is 27.5 Å². The number of fused-ring (bicyclic) bond motifs is 1. The zero-order chi connectivity index (χ0) is 25.6. The molecular formula is C26H31ClN6O2. The van der Waals surface area contributed by atoms with Crippen LogP contribution in [0.25, 0.3) is 16.7 Å². The number of rotatable bonds is 4.